The molecule has 1 saturated heterocycles. The summed E-state index contributed by atoms with van der Waals surface area (Å²) in [6.45, 7) is 6.06. The van der Waals surface area contributed by atoms with Crippen LogP contribution >= 0.6 is 0 Å². The number of hydrogen-bond acceptors (Lipinski definition) is 2. The van der Waals surface area contributed by atoms with Gasteiger partial charge in [0, 0.05) is 6.42 Å². The molecular weight excluding hydrogens is 212 g/mol. The maximum atomic E-state index is 11.8. The van der Waals surface area contributed by atoms with Crippen molar-refractivity contribution in [1.29, 1.82) is 0 Å². The van der Waals surface area contributed by atoms with Gasteiger partial charge in [0.15, 0.2) is 0 Å². The molecule has 1 atom stereocenters. The number of nitrogens with one attached hydrogen (secondary N) is 2. The number of carbonyl (C=O) groups excluding carboxylic acids is 1. The highest BCUT2D eigenvalue weighted by Gasteiger charge is 2.20. The first-order valence-corrected chi connectivity index (χ1v) is 6.22. The normalized spacial score (nSPS) is 17.3. The van der Waals surface area contributed by atoms with Gasteiger partial charge in [-0.15, -0.1) is 0 Å². The molecule has 17 heavy (non-hydrogen) atoms. The van der Waals surface area contributed by atoms with Crippen LogP contribution in [-0.2, 0) is 4.79 Å². The van der Waals surface area contributed by atoms with Gasteiger partial charge in [-0.1, -0.05) is 29.8 Å². The van der Waals surface area contributed by atoms with E-state index >= 15 is 0 Å². The Bertz CT molecular complexity index is 399. The van der Waals surface area contributed by atoms with Gasteiger partial charge in [0.05, 0.1) is 6.04 Å². The van der Waals surface area contributed by atoms with E-state index in [4.69, 9.17) is 0 Å². The molecule has 0 spiro atoms. The Labute approximate surface area is 103 Å². The van der Waals surface area contributed by atoms with Crippen molar-refractivity contribution in [2.24, 2.45) is 5.92 Å². The van der Waals surface area contributed by atoms with Crippen LogP contribution in [-0.4, -0.2) is 19.0 Å². The average molecular weight is 232 g/mol. The topological polar surface area (TPSA) is 41.1 Å². The molecule has 1 aliphatic heterocycles. The predicted molar refractivity (Wildman–Crippen MR) is 68.7 cm³/mol. The van der Waals surface area contributed by atoms with Crippen molar-refractivity contribution in [1.82, 2.24) is 10.6 Å². The summed E-state index contributed by atoms with van der Waals surface area (Å²) in [7, 11) is 0. The number of rotatable bonds is 4. The van der Waals surface area contributed by atoms with E-state index in [1.165, 1.54) is 11.1 Å². The van der Waals surface area contributed by atoms with Crippen molar-refractivity contribution >= 4 is 5.91 Å². The van der Waals surface area contributed by atoms with E-state index in [-0.39, 0.29) is 11.9 Å². The van der Waals surface area contributed by atoms with Gasteiger partial charge in [-0.3, -0.25) is 4.79 Å². The second kappa shape index (κ2) is 5.32. The van der Waals surface area contributed by atoms with Crippen LogP contribution in [0.1, 0.15) is 30.5 Å². The first kappa shape index (κ1) is 12.1. The lowest BCUT2D eigenvalue weighted by Gasteiger charge is -2.27. The zero-order valence-electron chi connectivity index (χ0n) is 10.5. The minimum Gasteiger partial charge on any atom is -0.350 e. The summed E-state index contributed by atoms with van der Waals surface area (Å²) in [4.78, 5) is 11.8. The van der Waals surface area contributed by atoms with Crippen molar-refractivity contribution in [2.75, 3.05) is 13.1 Å². The predicted octanol–water partition coefficient (Wildman–Crippen LogP) is 1.78. The van der Waals surface area contributed by atoms with E-state index in [0.29, 0.717) is 12.3 Å². The Kier molecular flexibility index (Phi) is 3.79. The monoisotopic (exact) mass is 232 g/mol. The summed E-state index contributed by atoms with van der Waals surface area (Å²) in [6, 6.07) is 8.37. The lowest BCUT2D eigenvalue weighted by molar-refractivity contribution is -0.123. The van der Waals surface area contributed by atoms with Gasteiger partial charge >= 0.3 is 0 Å². The average Bonchev–Trinajstić information content (AvgIpc) is 2.23. The molecular formula is C14H20N2O. The zero-order chi connectivity index (χ0) is 12.3. The van der Waals surface area contributed by atoms with E-state index in [1.807, 2.05) is 13.0 Å². The van der Waals surface area contributed by atoms with Crippen LogP contribution < -0.4 is 10.6 Å². The Morgan fingerprint density at radius 2 is 2.29 bits per heavy atom. The molecule has 3 heteroatoms. The summed E-state index contributed by atoms with van der Waals surface area (Å²) in [5.74, 6) is 0.685. The lowest BCUT2D eigenvalue weighted by Crippen LogP contribution is -2.44. The first-order chi connectivity index (χ1) is 8.15. The van der Waals surface area contributed by atoms with Crippen LogP contribution in [0.15, 0.2) is 24.3 Å². The van der Waals surface area contributed by atoms with Crippen LogP contribution in [0.3, 0.4) is 0 Å². The van der Waals surface area contributed by atoms with Crippen LogP contribution in [0.4, 0.5) is 0 Å². The van der Waals surface area contributed by atoms with Crippen molar-refractivity contribution in [2.45, 2.75) is 26.3 Å². The molecule has 0 unspecified atom stereocenters. The molecule has 2 N–H and O–H groups in total. The van der Waals surface area contributed by atoms with Crippen molar-refractivity contribution in [3.8, 4) is 0 Å². The van der Waals surface area contributed by atoms with E-state index < -0.39 is 0 Å². The van der Waals surface area contributed by atoms with Crippen LogP contribution in [0.5, 0.6) is 0 Å². The fraction of sp³-hybridized carbons (Fsp3) is 0.500. The molecule has 0 saturated carbocycles. The third kappa shape index (κ3) is 3.30. The summed E-state index contributed by atoms with van der Waals surface area (Å²) >= 11 is 0. The van der Waals surface area contributed by atoms with Gasteiger partial charge in [-0.2, -0.15) is 0 Å². The first-order valence-electron chi connectivity index (χ1n) is 6.22. The van der Waals surface area contributed by atoms with Crippen molar-refractivity contribution < 1.29 is 4.79 Å². The van der Waals surface area contributed by atoms with E-state index in [1.54, 1.807) is 0 Å². The SMILES string of the molecule is Cc1cccc([C@@H](C)NC(=O)CC2CNC2)c1. The van der Waals surface area contributed by atoms with Crippen LogP contribution in [0.2, 0.25) is 0 Å². The molecule has 1 fully saturated rings. The van der Waals surface area contributed by atoms with Gasteiger partial charge in [0.2, 0.25) is 5.91 Å². The molecule has 2 rings (SSSR count). The van der Waals surface area contributed by atoms with Gasteiger partial charge in [0.1, 0.15) is 0 Å². The lowest BCUT2D eigenvalue weighted by atomic mass is 9.98. The smallest absolute Gasteiger partial charge is 0.220 e. The summed E-state index contributed by atoms with van der Waals surface area (Å²) in [5, 5.41) is 6.23. The molecule has 0 aromatic heterocycles. The van der Waals surface area contributed by atoms with Crippen LogP contribution in [0, 0.1) is 12.8 Å². The fourth-order valence-electron chi connectivity index (χ4n) is 2.08. The molecule has 92 valence electrons. The third-order valence-corrected chi connectivity index (χ3v) is 3.26. The zero-order valence-corrected chi connectivity index (χ0v) is 10.5. The van der Waals surface area contributed by atoms with E-state index in [9.17, 15) is 4.79 Å². The fourth-order valence-corrected chi connectivity index (χ4v) is 2.08. The number of carbonyl (C=O) groups is 1. The molecule has 1 heterocycles. The van der Waals surface area contributed by atoms with E-state index in [0.717, 1.165) is 13.1 Å². The maximum Gasteiger partial charge on any atom is 0.220 e. The van der Waals surface area contributed by atoms with Crippen molar-refractivity contribution in [3.63, 3.8) is 0 Å². The second-order valence-corrected chi connectivity index (χ2v) is 4.93. The number of aryl methyl sites for hydroxylation is 1. The molecule has 0 aliphatic carbocycles. The minimum atomic E-state index is 0.0930. The molecule has 1 aliphatic rings. The highest BCUT2D eigenvalue weighted by atomic mass is 16.1. The third-order valence-electron chi connectivity index (χ3n) is 3.26. The molecule has 0 radical (unpaired) electrons. The molecule has 1 aromatic carbocycles. The van der Waals surface area contributed by atoms with E-state index in [2.05, 4.69) is 35.8 Å². The number of hydrogen-bond donors (Lipinski definition) is 2. The summed E-state index contributed by atoms with van der Waals surface area (Å²) < 4.78 is 0. The Balaban J connectivity index is 1.87. The molecule has 1 aromatic rings. The quantitative estimate of drug-likeness (QED) is 0.831. The van der Waals surface area contributed by atoms with Crippen LogP contribution in [0.25, 0.3) is 0 Å². The largest absolute Gasteiger partial charge is 0.350 e. The summed E-state index contributed by atoms with van der Waals surface area (Å²) in [5.41, 5.74) is 2.40. The Morgan fingerprint density at radius 3 is 2.88 bits per heavy atom. The van der Waals surface area contributed by atoms with Gasteiger partial charge in [-0.25, -0.2) is 0 Å². The molecule has 0 bridgehead atoms. The highest BCUT2D eigenvalue weighted by Crippen LogP contribution is 2.15. The van der Waals surface area contributed by atoms with Crippen molar-refractivity contribution in [3.05, 3.63) is 35.4 Å². The number of amides is 1. The highest BCUT2D eigenvalue weighted by molar-refractivity contribution is 5.76. The Hall–Kier alpha value is -1.35. The second-order valence-electron chi connectivity index (χ2n) is 4.93. The van der Waals surface area contributed by atoms with Gasteiger partial charge in [-0.05, 0) is 38.4 Å². The standard InChI is InChI=1S/C14H20N2O/c1-10-4-3-5-13(6-10)11(2)16-14(17)7-12-8-15-9-12/h3-6,11-12,15H,7-9H2,1-2H3,(H,16,17)/t11-/m1/s1. The Morgan fingerprint density at radius 1 is 1.53 bits per heavy atom. The molecule has 3 nitrogen and oxygen atoms in total. The number of benzene rings is 1. The molecule has 1 amide bonds. The van der Waals surface area contributed by atoms with Gasteiger partial charge < -0.3 is 10.6 Å². The maximum absolute atomic E-state index is 11.8. The summed E-state index contributed by atoms with van der Waals surface area (Å²) in [6.07, 6.45) is 0.642. The minimum absolute atomic E-state index is 0.0930. The van der Waals surface area contributed by atoms with Gasteiger partial charge in [0.25, 0.3) is 0 Å².